The minimum absolute atomic E-state index is 0.00140. The van der Waals surface area contributed by atoms with E-state index in [4.69, 9.17) is 10.5 Å². The third kappa shape index (κ3) is 4.14. The number of rotatable bonds is 4. The van der Waals surface area contributed by atoms with Gasteiger partial charge in [-0.15, -0.1) is 0 Å². The van der Waals surface area contributed by atoms with Gasteiger partial charge in [0, 0.05) is 13.5 Å². The van der Waals surface area contributed by atoms with Crippen LogP contribution in [0.4, 0.5) is 8.78 Å². The van der Waals surface area contributed by atoms with Gasteiger partial charge in [0.05, 0.1) is 12.2 Å². The fraction of sp³-hybridized carbons (Fsp3) is 0.571. The average molecular weight is 271 g/mol. The van der Waals surface area contributed by atoms with Crippen molar-refractivity contribution < 1.29 is 18.3 Å². The van der Waals surface area contributed by atoms with E-state index in [1.54, 1.807) is 24.3 Å². The molecule has 19 heavy (non-hydrogen) atoms. The number of nitrogens with two attached hydrogens (primary N) is 1. The Morgan fingerprint density at radius 1 is 1.32 bits per heavy atom. The summed E-state index contributed by atoms with van der Waals surface area (Å²) in [4.78, 5) is 0. The number of alkyl halides is 2. The number of halogens is 2. The summed E-state index contributed by atoms with van der Waals surface area (Å²) < 4.78 is 35.7. The maximum atomic E-state index is 12.7. The normalized spacial score (nSPS) is 24.2. The zero-order chi connectivity index (χ0) is 13.9. The third-order valence-electron chi connectivity index (χ3n) is 3.16. The molecule has 0 amide bonds. The van der Waals surface area contributed by atoms with E-state index in [9.17, 15) is 8.78 Å². The van der Waals surface area contributed by atoms with Gasteiger partial charge in [-0.3, -0.25) is 0 Å². The van der Waals surface area contributed by atoms with Gasteiger partial charge in [0.15, 0.2) is 0 Å². The second-order valence-corrected chi connectivity index (χ2v) is 4.89. The molecule has 2 atom stereocenters. The van der Waals surface area contributed by atoms with Crippen LogP contribution in [-0.4, -0.2) is 18.8 Å². The Labute approximate surface area is 111 Å². The van der Waals surface area contributed by atoms with Crippen LogP contribution in [0.1, 0.15) is 37.9 Å². The van der Waals surface area contributed by atoms with E-state index in [2.05, 4.69) is 4.74 Å². The molecule has 5 heteroatoms. The van der Waals surface area contributed by atoms with Crippen LogP contribution in [0.15, 0.2) is 24.3 Å². The zero-order valence-electron chi connectivity index (χ0n) is 10.9. The molecule has 1 heterocycles. The standard InChI is InChI=1S/C14H19F2NO2/c1-14(15,16)19-11-7-5-10(6-8-11)13-4-2-3-12(9-17)18-13/h5-8,12-13H,2-4,9,17H2,1H3/t12-,13+/m0/s1. The lowest BCUT2D eigenvalue weighted by molar-refractivity contribution is -0.158. The highest BCUT2D eigenvalue weighted by Crippen LogP contribution is 2.32. The molecule has 0 spiro atoms. The van der Waals surface area contributed by atoms with E-state index in [1.165, 1.54) is 0 Å². The Morgan fingerprint density at radius 2 is 2.00 bits per heavy atom. The lowest BCUT2D eigenvalue weighted by Crippen LogP contribution is -2.29. The first-order chi connectivity index (χ1) is 8.98. The summed E-state index contributed by atoms with van der Waals surface area (Å²) >= 11 is 0. The van der Waals surface area contributed by atoms with Crippen LogP contribution < -0.4 is 10.5 Å². The quantitative estimate of drug-likeness (QED) is 0.914. The largest absolute Gasteiger partial charge is 0.433 e. The second-order valence-electron chi connectivity index (χ2n) is 4.89. The number of hydrogen-bond acceptors (Lipinski definition) is 3. The van der Waals surface area contributed by atoms with Crippen LogP contribution in [-0.2, 0) is 4.74 Å². The predicted octanol–water partition coefficient (Wildman–Crippen LogP) is 3.25. The molecule has 1 fully saturated rings. The highest BCUT2D eigenvalue weighted by molar-refractivity contribution is 5.29. The summed E-state index contributed by atoms with van der Waals surface area (Å²) in [5.41, 5.74) is 6.59. The summed E-state index contributed by atoms with van der Waals surface area (Å²) in [5, 5.41) is 0. The molecule has 0 radical (unpaired) electrons. The Morgan fingerprint density at radius 3 is 2.58 bits per heavy atom. The SMILES string of the molecule is CC(F)(F)Oc1ccc([C@H]2CCC[C@@H](CN)O2)cc1. The van der Waals surface area contributed by atoms with E-state index >= 15 is 0 Å². The minimum atomic E-state index is -3.16. The second kappa shape index (κ2) is 5.84. The maximum absolute atomic E-state index is 12.7. The van der Waals surface area contributed by atoms with Crippen molar-refractivity contribution >= 4 is 0 Å². The topological polar surface area (TPSA) is 44.5 Å². The smallest absolute Gasteiger partial charge is 0.394 e. The predicted molar refractivity (Wildman–Crippen MR) is 68.2 cm³/mol. The van der Waals surface area contributed by atoms with Crippen molar-refractivity contribution in [2.75, 3.05) is 6.54 Å². The van der Waals surface area contributed by atoms with Gasteiger partial charge in [0.2, 0.25) is 0 Å². The van der Waals surface area contributed by atoms with Gasteiger partial charge in [0.1, 0.15) is 5.75 Å². The van der Waals surface area contributed by atoms with E-state index in [0.29, 0.717) is 6.54 Å². The van der Waals surface area contributed by atoms with Gasteiger partial charge in [-0.25, -0.2) is 0 Å². The van der Waals surface area contributed by atoms with Gasteiger partial charge in [-0.1, -0.05) is 12.1 Å². The van der Waals surface area contributed by atoms with Crippen LogP contribution in [0.2, 0.25) is 0 Å². The van der Waals surface area contributed by atoms with E-state index < -0.39 is 6.11 Å². The van der Waals surface area contributed by atoms with Gasteiger partial charge >= 0.3 is 6.11 Å². The molecular weight excluding hydrogens is 252 g/mol. The first-order valence-corrected chi connectivity index (χ1v) is 6.50. The van der Waals surface area contributed by atoms with Crippen LogP contribution >= 0.6 is 0 Å². The molecule has 0 aromatic heterocycles. The molecule has 0 unspecified atom stereocenters. The first kappa shape index (κ1) is 14.2. The van der Waals surface area contributed by atoms with Crippen molar-refractivity contribution in [1.82, 2.24) is 0 Å². The molecule has 1 aromatic carbocycles. The molecular formula is C14H19F2NO2. The maximum Gasteiger partial charge on any atom is 0.394 e. The monoisotopic (exact) mass is 271 g/mol. The molecule has 2 N–H and O–H groups in total. The summed E-state index contributed by atoms with van der Waals surface area (Å²) in [6, 6.07) is 6.62. The molecule has 1 aliphatic heterocycles. The van der Waals surface area contributed by atoms with Gasteiger partial charge < -0.3 is 15.2 Å². The van der Waals surface area contributed by atoms with Gasteiger partial charge in [0.25, 0.3) is 0 Å². The van der Waals surface area contributed by atoms with E-state index in [0.717, 1.165) is 31.7 Å². The molecule has 0 bridgehead atoms. The first-order valence-electron chi connectivity index (χ1n) is 6.50. The summed E-state index contributed by atoms with van der Waals surface area (Å²) in [6.07, 6.45) is -0.0875. The Hall–Kier alpha value is -1.20. The van der Waals surface area contributed by atoms with Crippen molar-refractivity contribution in [1.29, 1.82) is 0 Å². The Bertz CT molecular complexity index is 403. The molecule has 3 nitrogen and oxygen atoms in total. The van der Waals surface area contributed by atoms with E-state index in [-0.39, 0.29) is 18.0 Å². The Balaban J connectivity index is 2.01. The molecule has 0 aliphatic carbocycles. The highest BCUT2D eigenvalue weighted by Gasteiger charge is 2.25. The molecule has 1 aromatic rings. The van der Waals surface area contributed by atoms with Crippen LogP contribution in [0.25, 0.3) is 0 Å². The number of hydrogen-bond donors (Lipinski definition) is 1. The molecule has 1 aliphatic rings. The van der Waals surface area contributed by atoms with Crippen LogP contribution in [0.3, 0.4) is 0 Å². The minimum Gasteiger partial charge on any atom is -0.433 e. The zero-order valence-corrected chi connectivity index (χ0v) is 10.9. The average Bonchev–Trinajstić information content (AvgIpc) is 2.38. The fourth-order valence-electron chi connectivity index (χ4n) is 2.28. The molecule has 1 saturated heterocycles. The molecule has 0 saturated carbocycles. The summed E-state index contributed by atoms with van der Waals surface area (Å²) in [7, 11) is 0. The van der Waals surface area contributed by atoms with Crippen molar-refractivity contribution in [2.45, 2.75) is 44.5 Å². The van der Waals surface area contributed by atoms with Crippen LogP contribution in [0.5, 0.6) is 5.75 Å². The fourth-order valence-corrected chi connectivity index (χ4v) is 2.28. The summed E-state index contributed by atoms with van der Waals surface area (Å²) in [6.45, 7) is 1.23. The third-order valence-corrected chi connectivity index (χ3v) is 3.16. The lowest BCUT2D eigenvalue weighted by Gasteiger charge is -2.29. The van der Waals surface area contributed by atoms with E-state index in [1.807, 2.05) is 0 Å². The van der Waals surface area contributed by atoms with Crippen molar-refractivity contribution in [3.05, 3.63) is 29.8 Å². The van der Waals surface area contributed by atoms with Crippen molar-refractivity contribution in [3.63, 3.8) is 0 Å². The summed E-state index contributed by atoms with van der Waals surface area (Å²) in [5.74, 6) is 0.155. The van der Waals surface area contributed by atoms with Crippen molar-refractivity contribution in [2.24, 2.45) is 5.73 Å². The molecule has 106 valence electrons. The van der Waals surface area contributed by atoms with Gasteiger partial charge in [-0.2, -0.15) is 8.78 Å². The lowest BCUT2D eigenvalue weighted by atomic mass is 9.98. The molecule has 2 rings (SSSR count). The van der Waals surface area contributed by atoms with Gasteiger partial charge in [-0.05, 0) is 37.0 Å². The number of benzene rings is 1. The number of ether oxygens (including phenoxy) is 2. The van der Waals surface area contributed by atoms with Crippen molar-refractivity contribution in [3.8, 4) is 5.75 Å². The van der Waals surface area contributed by atoms with Crippen LogP contribution in [0, 0.1) is 0 Å². The highest BCUT2D eigenvalue weighted by atomic mass is 19.3. The Kier molecular flexibility index (Phi) is 4.37.